The largest absolute Gasteiger partial charge is 0.302 e. The fourth-order valence-corrected chi connectivity index (χ4v) is 1.77. The molecule has 0 bridgehead atoms. The SMILES string of the molecule is CN(CCCCCS)Cc1ccncc1. The summed E-state index contributed by atoms with van der Waals surface area (Å²) in [7, 11) is 2.17. The molecule has 0 aliphatic rings. The van der Waals surface area contributed by atoms with Crippen molar-refractivity contribution in [2.75, 3.05) is 19.3 Å². The Hall–Kier alpha value is -0.540. The Morgan fingerprint density at radius 2 is 1.93 bits per heavy atom. The molecule has 1 heterocycles. The van der Waals surface area contributed by atoms with E-state index in [4.69, 9.17) is 0 Å². The van der Waals surface area contributed by atoms with Crippen LogP contribution >= 0.6 is 12.6 Å². The summed E-state index contributed by atoms with van der Waals surface area (Å²) in [6.07, 6.45) is 7.48. The van der Waals surface area contributed by atoms with Crippen molar-refractivity contribution in [1.29, 1.82) is 0 Å². The maximum absolute atomic E-state index is 4.20. The summed E-state index contributed by atoms with van der Waals surface area (Å²) in [5.74, 6) is 1.01. The van der Waals surface area contributed by atoms with Gasteiger partial charge in [-0.2, -0.15) is 12.6 Å². The maximum atomic E-state index is 4.20. The minimum Gasteiger partial charge on any atom is -0.302 e. The monoisotopic (exact) mass is 224 g/mol. The minimum absolute atomic E-state index is 1.01. The molecule has 0 aliphatic heterocycles. The molecule has 0 amide bonds. The van der Waals surface area contributed by atoms with Gasteiger partial charge in [-0.05, 0) is 49.9 Å². The van der Waals surface area contributed by atoms with Gasteiger partial charge in [0.2, 0.25) is 0 Å². The van der Waals surface area contributed by atoms with Crippen LogP contribution in [-0.4, -0.2) is 29.2 Å². The first kappa shape index (κ1) is 12.5. The van der Waals surface area contributed by atoms with Gasteiger partial charge in [0.25, 0.3) is 0 Å². The smallest absolute Gasteiger partial charge is 0.0271 e. The average Bonchev–Trinajstić information content (AvgIpc) is 2.26. The van der Waals surface area contributed by atoms with Crippen LogP contribution in [0.1, 0.15) is 24.8 Å². The second-order valence-electron chi connectivity index (χ2n) is 3.88. The molecule has 84 valence electrons. The van der Waals surface area contributed by atoms with Crippen LogP contribution in [-0.2, 0) is 6.54 Å². The first-order valence-corrected chi connectivity index (χ1v) is 6.14. The molecule has 1 aromatic rings. The highest BCUT2D eigenvalue weighted by atomic mass is 32.1. The number of nitrogens with zero attached hydrogens (tertiary/aromatic N) is 2. The number of hydrogen-bond acceptors (Lipinski definition) is 3. The summed E-state index contributed by atoms with van der Waals surface area (Å²) >= 11 is 4.20. The van der Waals surface area contributed by atoms with Gasteiger partial charge >= 0.3 is 0 Å². The second kappa shape index (κ2) is 7.71. The van der Waals surface area contributed by atoms with E-state index in [0.717, 1.165) is 18.8 Å². The Labute approximate surface area is 98.1 Å². The third-order valence-electron chi connectivity index (χ3n) is 2.40. The first-order chi connectivity index (χ1) is 7.33. The van der Waals surface area contributed by atoms with E-state index in [-0.39, 0.29) is 0 Å². The Morgan fingerprint density at radius 3 is 2.60 bits per heavy atom. The van der Waals surface area contributed by atoms with Gasteiger partial charge in [0.15, 0.2) is 0 Å². The van der Waals surface area contributed by atoms with E-state index in [1.807, 2.05) is 12.4 Å². The topological polar surface area (TPSA) is 16.1 Å². The molecule has 0 radical (unpaired) electrons. The highest BCUT2D eigenvalue weighted by molar-refractivity contribution is 7.80. The summed E-state index contributed by atoms with van der Waals surface area (Å²) in [6.45, 7) is 2.18. The molecule has 2 nitrogen and oxygen atoms in total. The molecule has 3 heteroatoms. The van der Waals surface area contributed by atoms with Crippen molar-refractivity contribution >= 4 is 12.6 Å². The fraction of sp³-hybridized carbons (Fsp3) is 0.583. The Morgan fingerprint density at radius 1 is 1.20 bits per heavy atom. The Balaban J connectivity index is 2.16. The maximum Gasteiger partial charge on any atom is 0.0271 e. The van der Waals surface area contributed by atoms with Crippen molar-refractivity contribution < 1.29 is 0 Å². The van der Waals surface area contributed by atoms with Crippen molar-refractivity contribution in [3.63, 3.8) is 0 Å². The zero-order valence-electron chi connectivity index (χ0n) is 9.39. The lowest BCUT2D eigenvalue weighted by molar-refractivity contribution is 0.318. The lowest BCUT2D eigenvalue weighted by atomic mass is 10.2. The predicted molar refractivity (Wildman–Crippen MR) is 68.3 cm³/mol. The van der Waals surface area contributed by atoms with Crippen LogP contribution in [0.3, 0.4) is 0 Å². The van der Waals surface area contributed by atoms with Gasteiger partial charge in [0.1, 0.15) is 0 Å². The van der Waals surface area contributed by atoms with Gasteiger partial charge in [-0.15, -0.1) is 0 Å². The Kier molecular flexibility index (Phi) is 6.44. The number of rotatable bonds is 7. The van der Waals surface area contributed by atoms with Gasteiger partial charge in [0, 0.05) is 18.9 Å². The highest BCUT2D eigenvalue weighted by Crippen LogP contribution is 2.03. The predicted octanol–water partition coefficient (Wildman–Crippen LogP) is 2.61. The standard InChI is InChI=1S/C12H20N2S/c1-14(9-3-2-4-10-15)11-12-5-7-13-8-6-12/h5-8,15H,2-4,9-11H2,1H3. The zero-order chi connectivity index (χ0) is 10.9. The lowest BCUT2D eigenvalue weighted by Gasteiger charge is -2.16. The molecular weight excluding hydrogens is 204 g/mol. The van der Waals surface area contributed by atoms with E-state index in [1.54, 1.807) is 0 Å². The van der Waals surface area contributed by atoms with Gasteiger partial charge in [0.05, 0.1) is 0 Å². The molecular formula is C12H20N2S. The van der Waals surface area contributed by atoms with Gasteiger partial charge < -0.3 is 4.90 Å². The third-order valence-corrected chi connectivity index (χ3v) is 2.72. The summed E-state index contributed by atoms with van der Waals surface area (Å²) in [5.41, 5.74) is 1.33. The number of thiol groups is 1. The third kappa shape index (κ3) is 5.80. The molecule has 0 saturated heterocycles. The van der Waals surface area contributed by atoms with Crippen LogP contribution in [0.5, 0.6) is 0 Å². The highest BCUT2D eigenvalue weighted by Gasteiger charge is 1.99. The van der Waals surface area contributed by atoms with E-state index >= 15 is 0 Å². The van der Waals surface area contributed by atoms with Crippen LogP contribution in [0.4, 0.5) is 0 Å². The summed E-state index contributed by atoms with van der Waals surface area (Å²) in [5, 5.41) is 0. The normalized spacial score (nSPS) is 10.9. The summed E-state index contributed by atoms with van der Waals surface area (Å²) in [6, 6.07) is 4.15. The van der Waals surface area contributed by atoms with Crippen LogP contribution in [0.2, 0.25) is 0 Å². The van der Waals surface area contributed by atoms with Crippen LogP contribution in [0.15, 0.2) is 24.5 Å². The molecule has 0 atom stereocenters. The van der Waals surface area contributed by atoms with E-state index in [2.05, 4.69) is 41.7 Å². The van der Waals surface area contributed by atoms with Gasteiger partial charge in [-0.3, -0.25) is 4.98 Å². The van der Waals surface area contributed by atoms with Crippen molar-refractivity contribution in [3.8, 4) is 0 Å². The molecule has 0 spiro atoms. The number of hydrogen-bond donors (Lipinski definition) is 1. The molecule has 1 aromatic heterocycles. The van der Waals surface area contributed by atoms with Crippen LogP contribution < -0.4 is 0 Å². The van der Waals surface area contributed by atoms with Crippen molar-refractivity contribution in [2.45, 2.75) is 25.8 Å². The Bertz CT molecular complexity index is 251. The van der Waals surface area contributed by atoms with Crippen LogP contribution in [0, 0.1) is 0 Å². The molecule has 0 saturated carbocycles. The van der Waals surface area contributed by atoms with Gasteiger partial charge in [-0.1, -0.05) is 6.42 Å². The molecule has 0 N–H and O–H groups in total. The average molecular weight is 224 g/mol. The number of pyridine rings is 1. The minimum atomic E-state index is 1.01. The fourth-order valence-electron chi connectivity index (χ4n) is 1.55. The second-order valence-corrected chi connectivity index (χ2v) is 4.32. The molecule has 1 rings (SSSR count). The zero-order valence-corrected chi connectivity index (χ0v) is 10.3. The van der Waals surface area contributed by atoms with E-state index in [1.165, 1.54) is 24.8 Å². The molecule has 0 unspecified atom stereocenters. The van der Waals surface area contributed by atoms with E-state index < -0.39 is 0 Å². The van der Waals surface area contributed by atoms with E-state index in [0.29, 0.717) is 0 Å². The molecule has 15 heavy (non-hydrogen) atoms. The van der Waals surface area contributed by atoms with Crippen LogP contribution in [0.25, 0.3) is 0 Å². The summed E-state index contributed by atoms with van der Waals surface area (Å²) in [4.78, 5) is 6.37. The first-order valence-electron chi connectivity index (χ1n) is 5.51. The van der Waals surface area contributed by atoms with Crippen molar-refractivity contribution in [3.05, 3.63) is 30.1 Å². The number of unbranched alkanes of at least 4 members (excludes halogenated alkanes) is 2. The van der Waals surface area contributed by atoms with Crippen molar-refractivity contribution in [1.82, 2.24) is 9.88 Å². The lowest BCUT2D eigenvalue weighted by Crippen LogP contribution is -2.19. The quantitative estimate of drug-likeness (QED) is 0.566. The van der Waals surface area contributed by atoms with Gasteiger partial charge in [-0.25, -0.2) is 0 Å². The molecule has 0 aliphatic carbocycles. The molecule has 0 fully saturated rings. The van der Waals surface area contributed by atoms with Crippen molar-refractivity contribution in [2.24, 2.45) is 0 Å². The summed E-state index contributed by atoms with van der Waals surface area (Å²) < 4.78 is 0. The van der Waals surface area contributed by atoms with E-state index in [9.17, 15) is 0 Å². The number of aromatic nitrogens is 1. The molecule has 0 aromatic carbocycles.